The molecule has 1 aromatic heterocycles. The average molecular weight is 467 g/mol. The third-order valence-corrected chi connectivity index (χ3v) is 6.00. The Morgan fingerprint density at radius 2 is 1.88 bits per heavy atom. The molecule has 11 heteroatoms. The van der Waals surface area contributed by atoms with E-state index < -0.39 is 47.9 Å². The normalized spacial score (nSPS) is 28.6. The fraction of sp³-hybridized carbons (Fsp3) is 0.524. The number of methoxy groups -OCH3 is 1. The van der Waals surface area contributed by atoms with Gasteiger partial charge in [0.15, 0.2) is 12.1 Å². The molecule has 172 valence electrons. The van der Waals surface area contributed by atoms with Gasteiger partial charge in [-0.3, -0.25) is 14.6 Å². The molecule has 4 rings (SSSR count). The van der Waals surface area contributed by atoms with Gasteiger partial charge in [0.2, 0.25) is 11.6 Å². The van der Waals surface area contributed by atoms with Gasteiger partial charge in [-0.05, 0) is 27.7 Å². The minimum atomic E-state index is -1.02. The number of hydrogen-bond acceptors (Lipinski definition) is 10. The Morgan fingerprint density at radius 3 is 2.50 bits per heavy atom. The molecule has 1 aliphatic carbocycles. The van der Waals surface area contributed by atoms with Crippen molar-refractivity contribution in [3.63, 3.8) is 0 Å². The van der Waals surface area contributed by atoms with E-state index in [4.69, 9.17) is 30.5 Å². The second-order valence-electron chi connectivity index (χ2n) is 8.26. The van der Waals surface area contributed by atoms with E-state index in [1.54, 1.807) is 27.7 Å². The number of ketones is 2. The van der Waals surface area contributed by atoms with Crippen molar-refractivity contribution in [3.05, 3.63) is 38.8 Å². The van der Waals surface area contributed by atoms with E-state index >= 15 is 0 Å². The van der Waals surface area contributed by atoms with Gasteiger partial charge in [0.05, 0.1) is 29.5 Å². The molecule has 2 saturated heterocycles. The molecular weight excluding hydrogens is 444 g/mol. The van der Waals surface area contributed by atoms with E-state index in [2.05, 4.69) is 10.3 Å². The maximum atomic E-state index is 13.2. The number of fused-ring (bicyclic) bond motifs is 2. The maximum Gasteiger partial charge on any atom is 0.340 e. The maximum absolute atomic E-state index is 13.2. The first-order valence-corrected chi connectivity index (χ1v) is 10.4. The molecule has 3 heterocycles. The van der Waals surface area contributed by atoms with Crippen molar-refractivity contribution in [2.24, 2.45) is 0 Å². The first-order valence-electron chi connectivity index (χ1n) is 9.98. The molecule has 0 unspecified atom stereocenters. The van der Waals surface area contributed by atoms with Gasteiger partial charge in [-0.2, -0.15) is 0 Å². The number of esters is 1. The Balaban J connectivity index is 1.60. The van der Waals surface area contributed by atoms with E-state index in [0.717, 1.165) is 0 Å². The molecule has 2 aliphatic heterocycles. The summed E-state index contributed by atoms with van der Waals surface area (Å²) in [4.78, 5) is 42.8. The van der Waals surface area contributed by atoms with Gasteiger partial charge in [-0.25, -0.2) is 4.79 Å². The van der Waals surface area contributed by atoms with Gasteiger partial charge >= 0.3 is 5.97 Å². The zero-order valence-electron chi connectivity index (χ0n) is 18.1. The van der Waals surface area contributed by atoms with Crippen LogP contribution in [0.2, 0.25) is 0 Å². The highest BCUT2D eigenvalue weighted by molar-refractivity contribution is 6.50. The molecule has 2 N–H and O–H groups in total. The minimum Gasteiger partial charge on any atom is -0.465 e. The summed E-state index contributed by atoms with van der Waals surface area (Å²) in [6.45, 7) is 6.50. The highest BCUT2D eigenvalue weighted by Gasteiger charge is 2.54. The van der Waals surface area contributed by atoms with Crippen molar-refractivity contribution in [1.29, 1.82) is 0 Å². The van der Waals surface area contributed by atoms with Gasteiger partial charge in [0.1, 0.15) is 29.0 Å². The van der Waals surface area contributed by atoms with Crippen LogP contribution in [0, 0.1) is 13.8 Å². The predicted octanol–water partition coefficient (Wildman–Crippen LogP) is 1.14. The van der Waals surface area contributed by atoms with Crippen LogP contribution in [0.1, 0.15) is 56.3 Å². The first-order chi connectivity index (χ1) is 15.0. The van der Waals surface area contributed by atoms with E-state index in [1.165, 1.54) is 7.11 Å². The number of nitrogens with one attached hydrogen (secondary N) is 1. The number of pyridine rings is 1. The standard InChI is InChI=1S/C21H23ClN2O8/c1-7-10-12(11(8(2)24-7)19(28)29-5)16(26)13(22)14(17(10)27)23-6-9-15(25)18-20(30-9)32-21(3,4)31-18/h9,15,18,20,23,25H,6H2,1-5H3/t9-,15+,18-,20-/m1/s1. The van der Waals surface area contributed by atoms with E-state index in [9.17, 15) is 19.5 Å². The summed E-state index contributed by atoms with van der Waals surface area (Å²) < 4.78 is 21.7. The van der Waals surface area contributed by atoms with Gasteiger partial charge in [0.25, 0.3) is 0 Å². The average Bonchev–Trinajstić information content (AvgIpc) is 3.17. The summed E-state index contributed by atoms with van der Waals surface area (Å²) in [7, 11) is 1.17. The Bertz CT molecular complexity index is 1070. The number of aliphatic hydroxyl groups is 1. The largest absolute Gasteiger partial charge is 0.465 e. The SMILES string of the molecule is COC(=O)c1c(C)nc(C)c2c1C(=O)C(Cl)=C(NC[C@H]1O[C@@H]3OC(C)(C)O[C@@H]3[C@H]1O)C2=O. The molecule has 0 aromatic carbocycles. The predicted molar refractivity (Wildman–Crippen MR) is 109 cm³/mol. The lowest BCUT2D eigenvalue weighted by molar-refractivity contribution is -0.213. The zero-order valence-corrected chi connectivity index (χ0v) is 18.9. The summed E-state index contributed by atoms with van der Waals surface area (Å²) >= 11 is 6.26. The summed E-state index contributed by atoms with van der Waals surface area (Å²) in [5, 5.41) is 13.0. The zero-order chi connectivity index (χ0) is 23.5. The summed E-state index contributed by atoms with van der Waals surface area (Å²) in [6, 6.07) is 0. The molecule has 32 heavy (non-hydrogen) atoms. The molecular formula is C21H23ClN2O8. The van der Waals surface area contributed by atoms with Gasteiger partial charge in [0, 0.05) is 12.2 Å². The minimum absolute atomic E-state index is 0.0222. The highest BCUT2D eigenvalue weighted by Crippen LogP contribution is 2.38. The molecule has 0 radical (unpaired) electrons. The third kappa shape index (κ3) is 3.52. The smallest absolute Gasteiger partial charge is 0.340 e. The number of carbonyl (C=O) groups excluding carboxylic acids is 3. The number of Topliss-reactive ketones (excluding diaryl/α,β-unsaturated/α-hetero) is 2. The van der Waals surface area contributed by atoms with Crippen LogP contribution in [0.15, 0.2) is 10.7 Å². The van der Waals surface area contributed by atoms with Gasteiger partial charge < -0.3 is 29.4 Å². The summed E-state index contributed by atoms with van der Waals surface area (Å²) in [5.41, 5.74) is 0.130. The van der Waals surface area contributed by atoms with Crippen molar-refractivity contribution in [1.82, 2.24) is 10.3 Å². The number of ether oxygens (including phenoxy) is 4. The number of aromatic nitrogens is 1. The Hall–Kier alpha value is -2.37. The number of allylic oxidation sites excluding steroid dienone is 2. The lowest BCUT2D eigenvalue weighted by Gasteiger charge is -2.25. The topological polar surface area (TPSA) is 133 Å². The van der Waals surface area contributed by atoms with Crippen LogP contribution in [-0.4, -0.2) is 71.7 Å². The summed E-state index contributed by atoms with van der Waals surface area (Å²) in [5.74, 6) is -2.96. The Morgan fingerprint density at radius 1 is 1.19 bits per heavy atom. The molecule has 1 aromatic rings. The van der Waals surface area contributed by atoms with E-state index in [-0.39, 0.29) is 45.4 Å². The molecule has 2 fully saturated rings. The van der Waals surface area contributed by atoms with Crippen LogP contribution < -0.4 is 5.32 Å². The van der Waals surface area contributed by atoms with Gasteiger partial charge in [-0.15, -0.1) is 0 Å². The monoisotopic (exact) mass is 466 g/mol. The number of carbonyl (C=O) groups is 3. The van der Waals surface area contributed by atoms with Crippen molar-refractivity contribution >= 4 is 29.1 Å². The molecule has 0 spiro atoms. The van der Waals surface area contributed by atoms with Crippen LogP contribution in [0.5, 0.6) is 0 Å². The second kappa shape index (κ2) is 7.89. The number of aryl methyl sites for hydroxylation is 2. The Kier molecular flexibility index (Phi) is 5.62. The molecule has 0 amide bonds. The van der Waals surface area contributed by atoms with Crippen molar-refractivity contribution in [3.8, 4) is 0 Å². The van der Waals surface area contributed by atoms with Crippen LogP contribution in [0.25, 0.3) is 0 Å². The number of hydrogen-bond donors (Lipinski definition) is 2. The van der Waals surface area contributed by atoms with E-state index in [1.807, 2.05) is 0 Å². The number of aliphatic hydroxyl groups excluding tert-OH is 1. The van der Waals surface area contributed by atoms with Crippen molar-refractivity contribution < 1.29 is 38.4 Å². The fourth-order valence-corrected chi connectivity index (χ4v) is 4.49. The van der Waals surface area contributed by atoms with Crippen LogP contribution in [0.3, 0.4) is 0 Å². The van der Waals surface area contributed by atoms with Crippen LogP contribution in [-0.2, 0) is 18.9 Å². The lowest BCUT2D eigenvalue weighted by Crippen LogP contribution is -2.41. The fourth-order valence-electron chi connectivity index (χ4n) is 4.24. The number of nitrogens with zero attached hydrogens (tertiary/aromatic N) is 1. The van der Waals surface area contributed by atoms with E-state index in [0.29, 0.717) is 0 Å². The highest BCUT2D eigenvalue weighted by atomic mass is 35.5. The Labute approximate surface area is 188 Å². The van der Waals surface area contributed by atoms with Crippen LogP contribution >= 0.6 is 11.6 Å². The molecule has 3 aliphatic rings. The molecule has 0 saturated carbocycles. The molecule has 4 atom stereocenters. The van der Waals surface area contributed by atoms with Crippen molar-refractivity contribution in [2.45, 2.75) is 58.1 Å². The van der Waals surface area contributed by atoms with Crippen molar-refractivity contribution in [2.75, 3.05) is 13.7 Å². The number of rotatable bonds is 4. The molecule has 10 nitrogen and oxygen atoms in total. The third-order valence-electron chi connectivity index (χ3n) is 5.64. The number of halogens is 1. The van der Waals surface area contributed by atoms with Gasteiger partial charge in [-0.1, -0.05) is 11.6 Å². The summed E-state index contributed by atoms with van der Waals surface area (Å²) in [6.07, 6.45) is -3.22. The first kappa shape index (κ1) is 22.8. The second-order valence-corrected chi connectivity index (χ2v) is 8.64. The quantitative estimate of drug-likeness (QED) is 0.622. The molecule has 0 bridgehead atoms. The van der Waals surface area contributed by atoms with Crippen LogP contribution in [0.4, 0.5) is 0 Å². The lowest BCUT2D eigenvalue weighted by atomic mass is 9.87.